The number of rotatable bonds is 5. The molecule has 0 N–H and O–H groups in total. The lowest BCUT2D eigenvalue weighted by atomic mass is 10.1. The number of aromatic nitrogens is 2. The van der Waals surface area contributed by atoms with Crippen molar-refractivity contribution in [3.63, 3.8) is 0 Å². The molecule has 2 heterocycles. The maximum atomic E-state index is 14.4. The number of nitrogens with zero attached hydrogens (tertiary/aromatic N) is 3. The molecule has 3 aromatic carbocycles. The zero-order valence-electron chi connectivity index (χ0n) is 17.2. The predicted octanol–water partition coefficient (Wildman–Crippen LogP) is 4.75. The number of ether oxygens (including phenoxy) is 1. The summed E-state index contributed by atoms with van der Waals surface area (Å²) < 4.78 is 21.7. The van der Waals surface area contributed by atoms with Crippen LogP contribution in [0, 0.1) is 5.82 Å². The molecule has 0 saturated carbocycles. The number of methoxy groups -OCH3 is 1. The van der Waals surface area contributed by atoms with E-state index in [1.54, 1.807) is 24.1 Å². The summed E-state index contributed by atoms with van der Waals surface area (Å²) in [6.07, 6.45) is 0.368. The van der Waals surface area contributed by atoms with E-state index in [0.29, 0.717) is 25.1 Å². The van der Waals surface area contributed by atoms with Gasteiger partial charge in [0, 0.05) is 30.1 Å². The van der Waals surface area contributed by atoms with E-state index in [1.165, 1.54) is 6.07 Å². The van der Waals surface area contributed by atoms with Crippen molar-refractivity contribution in [3.05, 3.63) is 90.0 Å². The van der Waals surface area contributed by atoms with Crippen molar-refractivity contribution >= 4 is 22.6 Å². The molecule has 156 valence electrons. The van der Waals surface area contributed by atoms with Crippen molar-refractivity contribution in [1.82, 2.24) is 9.55 Å². The molecular weight excluding hydrogens is 393 g/mol. The molecule has 0 unspecified atom stereocenters. The average molecular weight is 415 g/mol. The third-order valence-corrected chi connectivity index (χ3v) is 5.84. The molecule has 1 atom stereocenters. The molecule has 4 aromatic rings. The number of amides is 1. The van der Waals surface area contributed by atoms with Gasteiger partial charge in [-0.25, -0.2) is 9.37 Å². The minimum atomic E-state index is -0.242. The fourth-order valence-corrected chi connectivity index (χ4v) is 4.26. The highest BCUT2D eigenvalue weighted by atomic mass is 19.1. The normalized spacial score (nSPS) is 16.3. The fourth-order valence-electron chi connectivity index (χ4n) is 4.26. The van der Waals surface area contributed by atoms with E-state index in [2.05, 4.69) is 0 Å². The molecule has 1 aliphatic heterocycles. The van der Waals surface area contributed by atoms with Crippen molar-refractivity contribution in [2.45, 2.75) is 18.9 Å². The molecule has 0 radical (unpaired) electrons. The van der Waals surface area contributed by atoms with Gasteiger partial charge in [-0.15, -0.1) is 0 Å². The lowest BCUT2D eigenvalue weighted by Gasteiger charge is -2.18. The smallest absolute Gasteiger partial charge is 0.227 e. The zero-order valence-corrected chi connectivity index (χ0v) is 17.2. The van der Waals surface area contributed by atoms with E-state index >= 15 is 0 Å². The van der Waals surface area contributed by atoms with E-state index in [4.69, 9.17) is 9.72 Å². The van der Waals surface area contributed by atoms with Crippen LogP contribution < -0.4 is 9.64 Å². The predicted molar refractivity (Wildman–Crippen MR) is 118 cm³/mol. The minimum absolute atomic E-state index is 0.0552. The summed E-state index contributed by atoms with van der Waals surface area (Å²) in [5.74, 6) is 1.30. The molecular formula is C25H22FN3O2. The first-order chi connectivity index (χ1) is 15.1. The summed E-state index contributed by atoms with van der Waals surface area (Å²) in [4.78, 5) is 19.5. The number of halogens is 1. The Morgan fingerprint density at radius 3 is 2.55 bits per heavy atom. The summed E-state index contributed by atoms with van der Waals surface area (Å²) in [5, 5.41) is 0. The Morgan fingerprint density at radius 1 is 1.03 bits per heavy atom. The Bertz CT molecular complexity index is 1250. The average Bonchev–Trinajstić information content (AvgIpc) is 3.36. The Balaban J connectivity index is 1.51. The highest BCUT2D eigenvalue weighted by Crippen LogP contribution is 2.34. The summed E-state index contributed by atoms with van der Waals surface area (Å²) in [6.45, 7) is 0.904. The second kappa shape index (κ2) is 7.87. The number of carbonyl (C=O) groups excluding carboxylic acids is 1. The number of benzene rings is 3. The molecule has 1 aromatic heterocycles. The number of imidazole rings is 1. The number of hydrogen-bond acceptors (Lipinski definition) is 3. The number of hydrogen-bond donors (Lipinski definition) is 0. The standard InChI is InChI=1S/C25H22FN3O2/c1-31-20-12-10-19(11-13-20)28-16-18(14-24(28)30)25-27-22-8-4-5-9-23(22)29(25)15-17-6-2-3-7-21(17)26/h2-13,18H,14-16H2,1H3/t18-/m0/s1. The number of fused-ring (bicyclic) bond motifs is 1. The van der Waals surface area contributed by atoms with Gasteiger partial charge in [-0.1, -0.05) is 30.3 Å². The fraction of sp³-hybridized carbons (Fsp3) is 0.200. The molecule has 1 saturated heterocycles. The van der Waals surface area contributed by atoms with Crippen molar-refractivity contribution in [2.24, 2.45) is 0 Å². The number of carbonyl (C=O) groups is 1. The van der Waals surface area contributed by atoms with Crippen LogP contribution in [0.4, 0.5) is 10.1 Å². The Kier molecular flexibility index (Phi) is 4.90. The van der Waals surface area contributed by atoms with Gasteiger partial charge in [0.25, 0.3) is 0 Å². The maximum absolute atomic E-state index is 14.4. The first kappa shape index (κ1) is 19.3. The van der Waals surface area contributed by atoms with Crippen LogP contribution in [0.5, 0.6) is 5.75 Å². The van der Waals surface area contributed by atoms with Crippen LogP contribution >= 0.6 is 0 Å². The molecule has 31 heavy (non-hydrogen) atoms. The summed E-state index contributed by atoms with van der Waals surface area (Å²) in [7, 11) is 1.62. The Labute approximate surface area is 179 Å². The van der Waals surface area contributed by atoms with Crippen molar-refractivity contribution in [2.75, 3.05) is 18.6 Å². The highest BCUT2D eigenvalue weighted by molar-refractivity contribution is 5.96. The maximum Gasteiger partial charge on any atom is 0.227 e. The largest absolute Gasteiger partial charge is 0.497 e. The van der Waals surface area contributed by atoms with Gasteiger partial charge in [-0.3, -0.25) is 4.79 Å². The van der Waals surface area contributed by atoms with Gasteiger partial charge in [0.05, 0.1) is 24.7 Å². The third kappa shape index (κ3) is 3.54. The van der Waals surface area contributed by atoms with Crippen molar-refractivity contribution < 1.29 is 13.9 Å². The van der Waals surface area contributed by atoms with E-state index in [-0.39, 0.29) is 17.6 Å². The molecule has 6 heteroatoms. The SMILES string of the molecule is COc1ccc(N2C[C@@H](c3nc4ccccc4n3Cc3ccccc3F)CC2=O)cc1. The van der Waals surface area contributed by atoms with Gasteiger partial charge < -0.3 is 14.2 Å². The monoisotopic (exact) mass is 415 g/mol. The molecule has 1 aliphatic rings. The Hall–Kier alpha value is -3.67. The van der Waals surface area contributed by atoms with Crippen LogP contribution in [0.15, 0.2) is 72.8 Å². The summed E-state index contributed by atoms with van der Waals surface area (Å²) in [5.41, 5.74) is 3.23. The van der Waals surface area contributed by atoms with Gasteiger partial charge in [0.2, 0.25) is 5.91 Å². The van der Waals surface area contributed by atoms with Crippen LogP contribution in [0.3, 0.4) is 0 Å². The summed E-state index contributed by atoms with van der Waals surface area (Å²) >= 11 is 0. The first-order valence-corrected chi connectivity index (χ1v) is 10.3. The molecule has 0 aliphatic carbocycles. The molecule has 1 fully saturated rings. The van der Waals surface area contributed by atoms with Gasteiger partial charge in [0.15, 0.2) is 0 Å². The second-order valence-corrected chi connectivity index (χ2v) is 7.74. The number of anilines is 1. The van der Waals surface area contributed by atoms with Crippen LogP contribution in [-0.2, 0) is 11.3 Å². The molecule has 0 bridgehead atoms. The van der Waals surface area contributed by atoms with Crippen LogP contribution in [0.25, 0.3) is 11.0 Å². The van der Waals surface area contributed by atoms with E-state index in [0.717, 1.165) is 28.3 Å². The molecule has 5 nitrogen and oxygen atoms in total. The van der Waals surface area contributed by atoms with Crippen LogP contribution in [0.2, 0.25) is 0 Å². The lowest BCUT2D eigenvalue weighted by molar-refractivity contribution is -0.117. The minimum Gasteiger partial charge on any atom is -0.497 e. The number of para-hydroxylation sites is 2. The third-order valence-electron chi connectivity index (χ3n) is 5.84. The van der Waals surface area contributed by atoms with Gasteiger partial charge in [0.1, 0.15) is 17.4 Å². The highest BCUT2D eigenvalue weighted by Gasteiger charge is 2.35. The molecule has 0 spiro atoms. The quantitative estimate of drug-likeness (QED) is 0.473. The summed E-state index contributed by atoms with van der Waals surface area (Å²) in [6, 6.07) is 22.1. The topological polar surface area (TPSA) is 47.4 Å². The van der Waals surface area contributed by atoms with Gasteiger partial charge >= 0.3 is 0 Å². The second-order valence-electron chi connectivity index (χ2n) is 7.74. The van der Waals surface area contributed by atoms with E-state index in [1.807, 2.05) is 59.2 Å². The lowest BCUT2D eigenvalue weighted by Crippen LogP contribution is -2.24. The molecule has 5 rings (SSSR count). The van der Waals surface area contributed by atoms with Crippen LogP contribution in [0.1, 0.15) is 23.7 Å². The first-order valence-electron chi connectivity index (χ1n) is 10.3. The Morgan fingerprint density at radius 2 is 1.77 bits per heavy atom. The van der Waals surface area contributed by atoms with Crippen molar-refractivity contribution in [3.8, 4) is 5.75 Å². The zero-order chi connectivity index (χ0) is 21.4. The van der Waals surface area contributed by atoms with Crippen molar-refractivity contribution in [1.29, 1.82) is 0 Å². The van der Waals surface area contributed by atoms with Crippen LogP contribution in [-0.4, -0.2) is 29.1 Å². The molecule has 1 amide bonds. The van der Waals surface area contributed by atoms with E-state index < -0.39 is 0 Å². The van der Waals surface area contributed by atoms with Gasteiger partial charge in [-0.05, 0) is 42.5 Å². The van der Waals surface area contributed by atoms with Gasteiger partial charge in [-0.2, -0.15) is 0 Å². The van der Waals surface area contributed by atoms with E-state index in [9.17, 15) is 9.18 Å².